The van der Waals surface area contributed by atoms with Gasteiger partial charge in [0, 0.05) is 42.1 Å². The van der Waals surface area contributed by atoms with Crippen molar-refractivity contribution in [3.8, 4) is 17.1 Å². The molecule has 27 heavy (non-hydrogen) atoms. The maximum absolute atomic E-state index is 5.58. The first-order valence-electron chi connectivity index (χ1n) is 9.53. The summed E-state index contributed by atoms with van der Waals surface area (Å²) in [5.41, 5.74) is 3.55. The Kier molecular flexibility index (Phi) is 5.51. The predicted molar refractivity (Wildman–Crippen MR) is 108 cm³/mol. The fourth-order valence-electron chi connectivity index (χ4n) is 3.85. The summed E-state index contributed by atoms with van der Waals surface area (Å²) in [4.78, 5) is 7.53. The number of nitrogens with zero attached hydrogens (tertiary/aromatic N) is 1. The van der Waals surface area contributed by atoms with Crippen LogP contribution in [0.1, 0.15) is 30.0 Å². The Balaban J connectivity index is 1.52. The van der Waals surface area contributed by atoms with Gasteiger partial charge in [-0.3, -0.25) is 0 Å². The van der Waals surface area contributed by atoms with E-state index in [-0.39, 0.29) is 0 Å². The number of ether oxygens (including phenoxy) is 1. The molecule has 0 spiro atoms. The largest absolute Gasteiger partial charge is 0.496 e. The maximum atomic E-state index is 5.58. The van der Waals surface area contributed by atoms with Crippen LogP contribution in [0.25, 0.3) is 11.4 Å². The minimum absolute atomic E-state index is 0.333. The zero-order chi connectivity index (χ0) is 18.5. The summed E-state index contributed by atoms with van der Waals surface area (Å²) in [6, 6.07) is 17.6. The number of methoxy groups -OCH3 is 1. The van der Waals surface area contributed by atoms with E-state index >= 15 is 0 Å². The van der Waals surface area contributed by atoms with Crippen molar-refractivity contribution in [1.82, 2.24) is 20.6 Å². The minimum atomic E-state index is 0.333. The fourth-order valence-corrected chi connectivity index (χ4v) is 3.85. The molecule has 2 unspecified atom stereocenters. The molecule has 140 valence electrons. The van der Waals surface area contributed by atoms with Crippen LogP contribution in [-0.2, 0) is 6.54 Å². The van der Waals surface area contributed by atoms with Gasteiger partial charge in [-0.15, -0.1) is 0 Å². The summed E-state index contributed by atoms with van der Waals surface area (Å²) in [6.45, 7) is 1.82. The van der Waals surface area contributed by atoms with Gasteiger partial charge in [-0.1, -0.05) is 30.3 Å². The Morgan fingerprint density at radius 3 is 2.85 bits per heavy atom. The van der Waals surface area contributed by atoms with Crippen LogP contribution in [-0.4, -0.2) is 29.7 Å². The highest BCUT2D eigenvalue weighted by atomic mass is 16.5. The van der Waals surface area contributed by atoms with Crippen molar-refractivity contribution in [2.45, 2.75) is 31.5 Å². The Morgan fingerprint density at radius 1 is 1.19 bits per heavy atom. The molecule has 1 aromatic heterocycles. The second-order valence-electron chi connectivity index (χ2n) is 6.94. The number of hydrogen-bond donors (Lipinski definition) is 3. The van der Waals surface area contributed by atoms with Crippen molar-refractivity contribution in [3.05, 3.63) is 72.1 Å². The zero-order valence-electron chi connectivity index (χ0n) is 15.6. The number of nitrogens with one attached hydrogen (secondary N) is 3. The summed E-state index contributed by atoms with van der Waals surface area (Å²) in [7, 11) is 1.72. The molecule has 0 saturated carbocycles. The molecular formula is C22H26N4O. The molecule has 0 amide bonds. The van der Waals surface area contributed by atoms with Crippen LogP contribution in [0.4, 0.5) is 0 Å². The van der Waals surface area contributed by atoms with Crippen LogP contribution >= 0.6 is 0 Å². The van der Waals surface area contributed by atoms with Gasteiger partial charge in [0.15, 0.2) is 0 Å². The monoisotopic (exact) mass is 362 g/mol. The van der Waals surface area contributed by atoms with Gasteiger partial charge < -0.3 is 20.4 Å². The zero-order valence-corrected chi connectivity index (χ0v) is 15.6. The van der Waals surface area contributed by atoms with Crippen LogP contribution < -0.4 is 15.4 Å². The van der Waals surface area contributed by atoms with Gasteiger partial charge >= 0.3 is 0 Å². The average molecular weight is 362 g/mol. The van der Waals surface area contributed by atoms with E-state index in [1.165, 1.54) is 12.0 Å². The molecule has 2 aromatic carbocycles. The maximum Gasteiger partial charge on any atom is 0.137 e. The quantitative estimate of drug-likeness (QED) is 0.626. The number of rotatable bonds is 6. The van der Waals surface area contributed by atoms with E-state index in [9.17, 15) is 0 Å². The number of imidazole rings is 1. The molecule has 3 N–H and O–H groups in total. The third kappa shape index (κ3) is 4.04. The fraction of sp³-hybridized carbons (Fsp3) is 0.318. The van der Waals surface area contributed by atoms with Gasteiger partial charge in [-0.05, 0) is 43.1 Å². The van der Waals surface area contributed by atoms with Gasteiger partial charge in [-0.2, -0.15) is 0 Å². The average Bonchev–Trinajstić information content (AvgIpc) is 3.28. The molecule has 2 heterocycles. The lowest BCUT2D eigenvalue weighted by atomic mass is 9.92. The van der Waals surface area contributed by atoms with Crippen LogP contribution in [0, 0.1) is 0 Å². The first-order chi connectivity index (χ1) is 13.3. The van der Waals surface area contributed by atoms with Crippen molar-refractivity contribution in [2.75, 3.05) is 13.7 Å². The van der Waals surface area contributed by atoms with E-state index in [1.807, 2.05) is 18.3 Å². The smallest absolute Gasteiger partial charge is 0.137 e. The highest BCUT2D eigenvalue weighted by Gasteiger charge is 2.25. The molecular weight excluding hydrogens is 336 g/mol. The molecule has 3 aromatic rings. The van der Waals surface area contributed by atoms with Crippen molar-refractivity contribution in [2.24, 2.45) is 0 Å². The summed E-state index contributed by atoms with van der Waals surface area (Å²) in [6.07, 6.45) is 5.96. The Bertz CT molecular complexity index is 848. The van der Waals surface area contributed by atoms with Gasteiger partial charge in [0.25, 0.3) is 0 Å². The van der Waals surface area contributed by atoms with Crippen molar-refractivity contribution >= 4 is 0 Å². The summed E-state index contributed by atoms with van der Waals surface area (Å²) >= 11 is 0. The highest BCUT2D eigenvalue weighted by molar-refractivity contribution is 5.58. The van der Waals surface area contributed by atoms with Crippen LogP contribution in [0.15, 0.2) is 60.9 Å². The first kappa shape index (κ1) is 17.8. The van der Waals surface area contributed by atoms with Crippen molar-refractivity contribution in [3.63, 3.8) is 0 Å². The summed E-state index contributed by atoms with van der Waals surface area (Å²) < 4.78 is 5.58. The number of H-pyrrole nitrogens is 1. The lowest BCUT2D eigenvalue weighted by molar-refractivity contribution is 0.303. The lowest BCUT2D eigenvalue weighted by Gasteiger charge is -2.34. The second kappa shape index (κ2) is 8.37. The third-order valence-corrected chi connectivity index (χ3v) is 5.22. The minimum Gasteiger partial charge on any atom is -0.496 e. The summed E-state index contributed by atoms with van der Waals surface area (Å²) in [5.74, 6) is 1.78. The Hall–Kier alpha value is -2.63. The van der Waals surface area contributed by atoms with E-state index in [4.69, 9.17) is 4.74 Å². The molecule has 2 atom stereocenters. The predicted octanol–water partition coefficient (Wildman–Crippen LogP) is 3.67. The standard InChI is InChI=1S/C22H26N4O/c1-27-20-10-9-17(22-24-12-13-25-22)14-18(20)15-26-19-8-5-11-23-21(19)16-6-3-2-4-7-16/h2-4,6-7,9-10,12-14,19,21,23,26H,5,8,11,15H2,1H3,(H,24,25). The van der Waals surface area contributed by atoms with Crippen LogP contribution in [0.5, 0.6) is 5.75 Å². The molecule has 0 radical (unpaired) electrons. The van der Waals surface area contributed by atoms with Gasteiger partial charge in [0.05, 0.1) is 7.11 Å². The van der Waals surface area contributed by atoms with Crippen LogP contribution in [0.2, 0.25) is 0 Å². The molecule has 5 heteroatoms. The van der Waals surface area contributed by atoms with Crippen molar-refractivity contribution in [1.29, 1.82) is 0 Å². The number of hydrogen-bond acceptors (Lipinski definition) is 4. The normalized spacial score (nSPS) is 19.7. The molecule has 1 fully saturated rings. The topological polar surface area (TPSA) is 62.0 Å². The van der Waals surface area contributed by atoms with Gasteiger partial charge in [-0.25, -0.2) is 4.98 Å². The Labute approximate surface area is 160 Å². The molecule has 0 bridgehead atoms. The Morgan fingerprint density at radius 2 is 2.07 bits per heavy atom. The van der Waals surface area contributed by atoms with E-state index in [0.717, 1.165) is 42.2 Å². The molecule has 1 aliphatic heterocycles. The third-order valence-electron chi connectivity index (χ3n) is 5.22. The first-order valence-corrected chi connectivity index (χ1v) is 9.53. The van der Waals surface area contributed by atoms with E-state index in [0.29, 0.717) is 12.1 Å². The number of aromatic amines is 1. The van der Waals surface area contributed by atoms with E-state index in [2.05, 4.69) is 57.0 Å². The van der Waals surface area contributed by atoms with E-state index < -0.39 is 0 Å². The summed E-state index contributed by atoms with van der Waals surface area (Å²) in [5, 5.41) is 7.44. The van der Waals surface area contributed by atoms with Gasteiger partial charge in [0.1, 0.15) is 11.6 Å². The molecule has 4 rings (SSSR count). The van der Waals surface area contributed by atoms with Crippen LogP contribution in [0.3, 0.4) is 0 Å². The van der Waals surface area contributed by atoms with Crippen molar-refractivity contribution < 1.29 is 4.74 Å². The second-order valence-corrected chi connectivity index (χ2v) is 6.94. The molecule has 0 aliphatic carbocycles. The lowest BCUT2D eigenvalue weighted by Crippen LogP contribution is -2.45. The molecule has 1 aliphatic rings. The van der Waals surface area contributed by atoms with Gasteiger partial charge in [0.2, 0.25) is 0 Å². The number of benzene rings is 2. The number of aromatic nitrogens is 2. The molecule has 5 nitrogen and oxygen atoms in total. The number of piperidine rings is 1. The highest BCUT2D eigenvalue weighted by Crippen LogP contribution is 2.27. The SMILES string of the molecule is COc1ccc(-c2ncc[nH]2)cc1CNC1CCCNC1c1ccccc1. The van der Waals surface area contributed by atoms with E-state index in [1.54, 1.807) is 13.3 Å². The molecule has 1 saturated heterocycles.